The first-order valence-corrected chi connectivity index (χ1v) is 8.57. The highest BCUT2D eigenvalue weighted by molar-refractivity contribution is 7.80. The highest BCUT2D eigenvalue weighted by Crippen LogP contribution is 2.39. The van der Waals surface area contributed by atoms with E-state index in [4.69, 9.17) is 12.2 Å². The summed E-state index contributed by atoms with van der Waals surface area (Å²) < 4.78 is 1.05. The predicted octanol–water partition coefficient (Wildman–Crippen LogP) is 5.86. The summed E-state index contributed by atoms with van der Waals surface area (Å²) in [6.45, 7) is 6.83. The SMILES string of the molecule is CC(C)(C)Cc1ssc(=S)c1-c1cccs1. The Hall–Kier alpha value is -0.0300. The van der Waals surface area contributed by atoms with E-state index in [0.29, 0.717) is 5.41 Å². The van der Waals surface area contributed by atoms with Crippen LogP contribution in [0, 0.1) is 9.24 Å². The van der Waals surface area contributed by atoms with E-state index < -0.39 is 0 Å². The second kappa shape index (κ2) is 4.69. The lowest BCUT2D eigenvalue weighted by molar-refractivity contribution is 0.415. The van der Waals surface area contributed by atoms with Crippen LogP contribution < -0.4 is 0 Å². The smallest absolute Gasteiger partial charge is 0.110 e. The van der Waals surface area contributed by atoms with Crippen LogP contribution in [0.5, 0.6) is 0 Å². The summed E-state index contributed by atoms with van der Waals surface area (Å²) in [6, 6.07) is 4.26. The molecule has 0 amide bonds. The van der Waals surface area contributed by atoms with Gasteiger partial charge in [-0.25, -0.2) is 0 Å². The molecule has 0 unspecified atom stereocenters. The molecular weight excluding hydrogens is 272 g/mol. The van der Waals surface area contributed by atoms with Gasteiger partial charge >= 0.3 is 0 Å². The van der Waals surface area contributed by atoms with Crippen molar-refractivity contribution in [1.29, 1.82) is 0 Å². The van der Waals surface area contributed by atoms with Gasteiger partial charge in [0.1, 0.15) is 3.82 Å². The Morgan fingerprint density at radius 1 is 1.25 bits per heavy atom. The van der Waals surface area contributed by atoms with Crippen molar-refractivity contribution in [1.82, 2.24) is 0 Å². The van der Waals surface area contributed by atoms with Crippen molar-refractivity contribution >= 4 is 44.2 Å². The zero-order valence-electron chi connectivity index (χ0n) is 9.57. The molecule has 0 N–H and O–H groups in total. The van der Waals surface area contributed by atoms with Crippen LogP contribution in [0.25, 0.3) is 10.4 Å². The molecule has 86 valence electrons. The molecule has 0 nitrogen and oxygen atoms in total. The van der Waals surface area contributed by atoms with Crippen molar-refractivity contribution < 1.29 is 0 Å². The zero-order valence-corrected chi connectivity index (χ0v) is 12.8. The van der Waals surface area contributed by atoms with Gasteiger partial charge in [0.05, 0.1) is 0 Å². The molecule has 0 aliphatic heterocycles. The van der Waals surface area contributed by atoms with Crippen LogP contribution >= 0.6 is 44.2 Å². The van der Waals surface area contributed by atoms with Gasteiger partial charge in [-0.15, -0.1) is 11.3 Å². The predicted molar refractivity (Wildman–Crippen MR) is 79.5 cm³/mol. The Morgan fingerprint density at radius 3 is 2.56 bits per heavy atom. The van der Waals surface area contributed by atoms with E-state index in [1.807, 2.05) is 10.3 Å². The van der Waals surface area contributed by atoms with Crippen molar-refractivity contribution in [2.45, 2.75) is 27.2 Å². The molecule has 4 heteroatoms. The van der Waals surface area contributed by atoms with Gasteiger partial charge < -0.3 is 0 Å². The minimum absolute atomic E-state index is 0.325. The normalized spacial score (nSPS) is 11.9. The van der Waals surface area contributed by atoms with E-state index in [2.05, 4.69) is 38.3 Å². The molecule has 0 aliphatic carbocycles. The maximum Gasteiger partial charge on any atom is 0.110 e. The molecule has 0 saturated heterocycles. The molecule has 16 heavy (non-hydrogen) atoms. The first-order chi connectivity index (χ1) is 7.47. The first-order valence-electron chi connectivity index (χ1n) is 5.13. The second-order valence-corrected chi connectivity index (χ2v) is 8.82. The molecular formula is C12H14S4. The van der Waals surface area contributed by atoms with Crippen molar-refractivity contribution in [2.24, 2.45) is 5.41 Å². The molecule has 0 fully saturated rings. The topological polar surface area (TPSA) is 0 Å². The van der Waals surface area contributed by atoms with Crippen LogP contribution in [0.3, 0.4) is 0 Å². The summed E-state index contributed by atoms with van der Waals surface area (Å²) in [5.41, 5.74) is 1.64. The lowest BCUT2D eigenvalue weighted by Crippen LogP contribution is -2.08. The number of thiophene rings is 1. The summed E-state index contributed by atoms with van der Waals surface area (Å²) in [6.07, 6.45) is 1.11. The molecule has 0 spiro atoms. The fraction of sp³-hybridized carbons (Fsp3) is 0.417. The minimum atomic E-state index is 0.325. The molecule has 2 aromatic rings. The third-order valence-electron chi connectivity index (χ3n) is 2.16. The fourth-order valence-electron chi connectivity index (χ4n) is 1.54. The van der Waals surface area contributed by atoms with Gasteiger partial charge in [0, 0.05) is 15.3 Å². The second-order valence-electron chi connectivity index (χ2n) is 4.97. The van der Waals surface area contributed by atoms with E-state index in [9.17, 15) is 0 Å². The average molecular weight is 287 g/mol. The third kappa shape index (κ3) is 2.80. The molecule has 0 aliphatic rings. The Bertz CT molecular complexity index is 508. The number of rotatable bonds is 2. The first kappa shape index (κ1) is 12.4. The molecule has 0 bridgehead atoms. The Morgan fingerprint density at radius 2 is 2.00 bits per heavy atom. The lowest BCUT2D eigenvalue weighted by Gasteiger charge is -2.17. The van der Waals surface area contributed by atoms with Crippen LogP contribution in [-0.4, -0.2) is 0 Å². The summed E-state index contributed by atoms with van der Waals surface area (Å²) in [5.74, 6) is 0. The molecule has 0 atom stereocenters. The van der Waals surface area contributed by atoms with Crippen molar-refractivity contribution in [2.75, 3.05) is 0 Å². The minimum Gasteiger partial charge on any atom is -0.144 e. The fourth-order valence-corrected chi connectivity index (χ4v) is 5.70. The van der Waals surface area contributed by atoms with Gasteiger partial charge in [0.2, 0.25) is 0 Å². The zero-order chi connectivity index (χ0) is 11.8. The molecule has 0 saturated carbocycles. The Balaban J connectivity index is 2.45. The van der Waals surface area contributed by atoms with Gasteiger partial charge in [-0.1, -0.05) is 59.7 Å². The lowest BCUT2D eigenvalue weighted by atomic mass is 9.90. The van der Waals surface area contributed by atoms with E-state index in [0.717, 1.165) is 10.2 Å². The van der Waals surface area contributed by atoms with E-state index >= 15 is 0 Å². The number of hydrogen-bond donors (Lipinski definition) is 0. The van der Waals surface area contributed by atoms with E-state index in [1.165, 1.54) is 15.3 Å². The summed E-state index contributed by atoms with van der Waals surface area (Å²) in [5, 5.41) is 2.12. The Labute approximate surface area is 113 Å². The highest BCUT2D eigenvalue weighted by atomic mass is 32.9. The monoisotopic (exact) mass is 286 g/mol. The van der Waals surface area contributed by atoms with E-state index in [1.54, 1.807) is 21.7 Å². The van der Waals surface area contributed by atoms with Gasteiger partial charge in [0.15, 0.2) is 0 Å². The van der Waals surface area contributed by atoms with Crippen LogP contribution in [0.2, 0.25) is 0 Å². The maximum absolute atomic E-state index is 5.45. The van der Waals surface area contributed by atoms with E-state index in [-0.39, 0.29) is 0 Å². The quantitative estimate of drug-likeness (QED) is 0.492. The highest BCUT2D eigenvalue weighted by Gasteiger charge is 2.18. The molecule has 2 heterocycles. The number of hydrogen-bond acceptors (Lipinski definition) is 4. The maximum atomic E-state index is 5.45. The van der Waals surface area contributed by atoms with Crippen molar-refractivity contribution in [3.63, 3.8) is 0 Å². The van der Waals surface area contributed by atoms with Gasteiger partial charge in [0.25, 0.3) is 0 Å². The van der Waals surface area contributed by atoms with Gasteiger partial charge in [-0.05, 0) is 23.3 Å². The standard InChI is InChI=1S/C12H14S4/c1-12(2,3)7-9-10(11(13)16-15-9)8-5-4-6-14-8/h4-6H,7H2,1-3H3. The van der Waals surface area contributed by atoms with Crippen LogP contribution in [-0.2, 0) is 6.42 Å². The van der Waals surface area contributed by atoms with Crippen molar-refractivity contribution in [3.05, 3.63) is 26.2 Å². The van der Waals surface area contributed by atoms with Gasteiger partial charge in [-0.3, -0.25) is 0 Å². The van der Waals surface area contributed by atoms with Crippen LogP contribution in [0.1, 0.15) is 25.6 Å². The van der Waals surface area contributed by atoms with Crippen LogP contribution in [0.4, 0.5) is 0 Å². The van der Waals surface area contributed by atoms with Crippen LogP contribution in [0.15, 0.2) is 17.5 Å². The largest absolute Gasteiger partial charge is 0.144 e. The van der Waals surface area contributed by atoms with Crippen molar-refractivity contribution in [3.8, 4) is 10.4 Å². The molecule has 0 radical (unpaired) electrons. The third-order valence-corrected chi connectivity index (χ3v) is 6.16. The van der Waals surface area contributed by atoms with Gasteiger partial charge in [-0.2, -0.15) is 0 Å². The summed E-state index contributed by atoms with van der Waals surface area (Å²) in [7, 11) is 3.58. The summed E-state index contributed by atoms with van der Waals surface area (Å²) >= 11 is 7.23. The molecule has 0 aromatic carbocycles. The molecule has 2 aromatic heterocycles. The summed E-state index contributed by atoms with van der Waals surface area (Å²) in [4.78, 5) is 2.77. The average Bonchev–Trinajstić information content (AvgIpc) is 2.73. The molecule has 2 rings (SSSR count). The Kier molecular flexibility index (Phi) is 3.64.